The molecule has 1 saturated carbocycles. The third kappa shape index (κ3) is 4.47. The fourth-order valence-corrected chi connectivity index (χ4v) is 8.54. The summed E-state index contributed by atoms with van der Waals surface area (Å²) in [7, 11) is 1.05. The third-order valence-corrected chi connectivity index (χ3v) is 11.2. The number of anilines is 1. The van der Waals surface area contributed by atoms with Crippen LogP contribution in [0, 0.1) is 23.6 Å². The minimum absolute atomic E-state index is 0.0101. The molecule has 246 valence electrons. The summed E-state index contributed by atoms with van der Waals surface area (Å²) in [6.07, 6.45) is 0.187. The van der Waals surface area contributed by atoms with Crippen LogP contribution in [0.25, 0.3) is 0 Å². The Hall–Kier alpha value is -4.74. The molecule has 0 aromatic heterocycles. The summed E-state index contributed by atoms with van der Waals surface area (Å²) in [5.74, 6) is -8.33. The molecular weight excluding hydrogens is 666 g/mol. The van der Waals surface area contributed by atoms with Crippen molar-refractivity contribution in [2.24, 2.45) is 17.8 Å². The number of aromatic hydroxyl groups is 1. The highest BCUT2D eigenvalue weighted by molar-refractivity contribution is 6.58. The van der Waals surface area contributed by atoms with E-state index in [4.69, 9.17) is 32.7 Å². The molecule has 6 atom stereocenters. The Morgan fingerprint density at radius 1 is 0.958 bits per heavy atom. The first kappa shape index (κ1) is 31.8. The number of hydrogen-bond donors (Lipinski definition) is 1. The van der Waals surface area contributed by atoms with Gasteiger partial charge in [-0.25, -0.2) is 14.1 Å². The van der Waals surface area contributed by atoms with Gasteiger partial charge in [0.2, 0.25) is 11.8 Å². The topological polar surface area (TPSA) is 131 Å². The number of amides is 5. The van der Waals surface area contributed by atoms with E-state index < -0.39 is 69.0 Å². The van der Waals surface area contributed by atoms with Crippen molar-refractivity contribution in [1.82, 2.24) is 4.90 Å². The summed E-state index contributed by atoms with van der Waals surface area (Å²) in [5.41, 5.74) is 1.44. The van der Waals surface area contributed by atoms with Gasteiger partial charge in [0.15, 0.2) is 9.75 Å². The number of hydrogen-bond acceptors (Lipinski definition) is 8. The highest BCUT2D eigenvalue weighted by Crippen LogP contribution is 2.66. The van der Waals surface area contributed by atoms with Crippen molar-refractivity contribution in [3.8, 4) is 11.5 Å². The normalized spacial score (nSPS) is 29.3. The van der Waals surface area contributed by atoms with Gasteiger partial charge in [-0.2, -0.15) is 4.90 Å². The Morgan fingerprint density at radius 3 is 2.33 bits per heavy atom. The summed E-state index contributed by atoms with van der Waals surface area (Å²) >= 11 is 14.6. The molecule has 7 rings (SSSR count). The van der Waals surface area contributed by atoms with Crippen molar-refractivity contribution >= 4 is 58.6 Å². The van der Waals surface area contributed by atoms with Crippen molar-refractivity contribution in [3.63, 3.8) is 0 Å². The largest absolute Gasteiger partial charge is 0.508 e. The molecule has 3 fully saturated rings. The van der Waals surface area contributed by atoms with E-state index in [2.05, 4.69) is 0 Å². The fourth-order valence-electron chi connectivity index (χ4n) is 7.61. The number of methoxy groups -OCH3 is 1. The van der Waals surface area contributed by atoms with Crippen molar-refractivity contribution < 1.29 is 42.9 Å². The first-order chi connectivity index (χ1) is 22.9. The average molecular weight is 694 g/mol. The van der Waals surface area contributed by atoms with Gasteiger partial charge in [0.25, 0.3) is 11.8 Å². The van der Waals surface area contributed by atoms with Crippen molar-refractivity contribution in [1.29, 1.82) is 0 Å². The number of halogens is 3. The maximum absolute atomic E-state index is 14.5. The van der Waals surface area contributed by atoms with Crippen LogP contribution in [0.4, 0.5) is 14.9 Å². The minimum atomic E-state index is -2.24. The maximum atomic E-state index is 14.5. The lowest BCUT2D eigenvalue weighted by Crippen LogP contribution is -2.60. The SMILES string of the molecule is COC(=O)N1C(=O)[C@H]2[C@H](CC=C3[C@H]2C[C@@]2(Cl)C(=O)N(c4ccc(F)cc4)C(=O)[C@@]2(Cl)[C@H]3c2ccc(OCc3ccccc3)cc2O)C1=O. The van der Waals surface area contributed by atoms with Crippen LogP contribution in [0.15, 0.2) is 84.4 Å². The van der Waals surface area contributed by atoms with E-state index in [0.29, 0.717) is 16.2 Å². The number of alkyl halides is 2. The highest BCUT2D eigenvalue weighted by atomic mass is 35.5. The molecule has 1 N–H and O–H groups in total. The average Bonchev–Trinajstić information content (AvgIpc) is 3.42. The summed E-state index contributed by atoms with van der Waals surface area (Å²) in [5, 5.41) is 11.5. The van der Waals surface area contributed by atoms with E-state index in [1.54, 1.807) is 12.1 Å². The molecule has 2 heterocycles. The molecule has 2 aliphatic heterocycles. The number of likely N-dealkylation sites (tertiary alicyclic amines) is 1. The second kappa shape index (κ2) is 11.5. The number of carbonyl (C=O) groups is 5. The molecule has 0 unspecified atom stereocenters. The van der Waals surface area contributed by atoms with E-state index in [1.165, 1.54) is 24.3 Å². The van der Waals surface area contributed by atoms with E-state index in [1.807, 2.05) is 30.3 Å². The van der Waals surface area contributed by atoms with Gasteiger partial charge >= 0.3 is 6.09 Å². The minimum Gasteiger partial charge on any atom is -0.508 e. The van der Waals surface area contributed by atoms with Crippen LogP contribution >= 0.6 is 23.2 Å². The Bertz CT molecular complexity index is 1920. The summed E-state index contributed by atoms with van der Waals surface area (Å²) in [6, 6.07) is 18.4. The smallest absolute Gasteiger partial charge is 0.423 e. The number of rotatable bonds is 5. The molecule has 13 heteroatoms. The van der Waals surface area contributed by atoms with Crippen molar-refractivity contribution in [3.05, 3.63) is 101 Å². The Kier molecular flexibility index (Phi) is 7.60. The zero-order chi connectivity index (χ0) is 34.1. The van der Waals surface area contributed by atoms with Gasteiger partial charge in [0, 0.05) is 17.5 Å². The third-order valence-electron chi connectivity index (χ3n) is 9.81. The number of carbonyl (C=O) groups excluding carboxylic acids is 5. The number of fused-ring (bicyclic) bond motifs is 4. The maximum Gasteiger partial charge on any atom is 0.423 e. The number of ether oxygens (including phenoxy) is 2. The quantitative estimate of drug-likeness (QED) is 0.213. The van der Waals surface area contributed by atoms with Crippen LogP contribution in [0.3, 0.4) is 0 Å². The Morgan fingerprint density at radius 2 is 1.67 bits per heavy atom. The predicted octanol–water partition coefficient (Wildman–Crippen LogP) is 5.44. The summed E-state index contributed by atoms with van der Waals surface area (Å²) in [4.78, 5) is 65.0. The molecule has 0 radical (unpaired) electrons. The zero-order valence-corrected chi connectivity index (χ0v) is 26.8. The predicted molar refractivity (Wildman–Crippen MR) is 170 cm³/mol. The van der Waals surface area contributed by atoms with E-state index in [9.17, 15) is 33.5 Å². The fraction of sp³-hybridized carbons (Fsp3) is 0.286. The molecular formula is C35H27Cl2FN2O8. The molecule has 2 saturated heterocycles. The first-order valence-electron chi connectivity index (χ1n) is 15.1. The van der Waals surface area contributed by atoms with Crippen LogP contribution in [0.5, 0.6) is 11.5 Å². The Labute approximate surface area is 283 Å². The molecule has 0 spiro atoms. The standard InChI is InChI=1S/C35H27Cl2FN2O8/c1-47-33(46)40-29(42)24-14-13-22-25(27(24)30(40)43)16-34(36)31(44)39(20-9-7-19(38)8-10-20)32(45)35(34,37)28(22)23-12-11-21(15-26(23)41)48-17-18-5-3-2-4-6-18/h2-13,15,24-25,27-28,41H,14,16-17H2,1H3/t24-,25+,27-,28+,34+,35-/m0/s1. The van der Waals surface area contributed by atoms with Crippen LogP contribution in [0.1, 0.15) is 29.9 Å². The van der Waals surface area contributed by atoms with Crippen LogP contribution in [-0.4, -0.2) is 56.6 Å². The lowest BCUT2D eigenvalue weighted by atomic mass is 9.56. The van der Waals surface area contributed by atoms with Gasteiger partial charge in [-0.05, 0) is 54.7 Å². The van der Waals surface area contributed by atoms with Gasteiger partial charge in [0.05, 0.1) is 24.6 Å². The second-order valence-corrected chi connectivity index (χ2v) is 13.5. The summed E-state index contributed by atoms with van der Waals surface area (Å²) < 4.78 is 24.4. The monoisotopic (exact) mass is 692 g/mol. The number of allylic oxidation sites excluding steroid dienone is 2. The molecule has 4 aliphatic rings. The molecule has 3 aromatic rings. The second-order valence-electron chi connectivity index (χ2n) is 12.2. The summed E-state index contributed by atoms with van der Waals surface area (Å²) in [6.45, 7) is 0.204. The van der Waals surface area contributed by atoms with Gasteiger partial charge in [-0.15, -0.1) is 23.2 Å². The van der Waals surface area contributed by atoms with E-state index in [0.717, 1.165) is 29.7 Å². The number of benzene rings is 3. The van der Waals surface area contributed by atoms with Gasteiger partial charge in [-0.3, -0.25) is 19.2 Å². The zero-order valence-electron chi connectivity index (χ0n) is 25.3. The number of phenolic OH excluding ortho intramolecular Hbond substituents is 1. The highest BCUT2D eigenvalue weighted by Gasteiger charge is 2.77. The van der Waals surface area contributed by atoms with E-state index in [-0.39, 0.29) is 36.4 Å². The molecule has 3 aromatic carbocycles. The van der Waals surface area contributed by atoms with Gasteiger partial charge in [0.1, 0.15) is 23.9 Å². The number of imide groups is 4. The van der Waals surface area contributed by atoms with Crippen molar-refractivity contribution in [2.45, 2.75) is 35.1 Å². The van der Waals surface area contributed by atoms with Crippen molar-refractivity contribution in [2.75, 3.05) is 12.0 Å². The van der Waals surface area contributed by atoms with Gasteiger partial charge in [-0.1, -0.05) is 48.0 Å². The lowest BCUT2D eigenvalue weighted by Gasteiger charge is -2.50. The Balaban J connectivity index is 1.35. The molecule has 0 bridgehead atoms. The van der Waals surface area contributed by atoms with Crippen LogP contribution in [0.2, 0.25) is 0 Å². The first-order valence-corrected chi connectivity index (χ1v) is 15.9. The molecule has 5 amide bonds. The van der Waals surface area contributed by atoms with Crippen LogP contribution < -0.4 is 9.64 Å². The number of nitrogens with zero attached hydrogens (tertiary/aromatic N) is 2. The van der Waals surface area contributed by atoms with Crippen LogP contribution in [-0.2, 0) is 30.5 Å². The lowest BCUT2D eigenvalue weighted by molar-refractivity contribution is -0.138. The molecule has 10 nitrogen and oxygen atoms in total. The van der Waals surface area contributed by atoms with Gasteiger partial charge < -0.3 is 14.6 Å². The molecule has 48 heavy (non-hydrogen) atoms. The number of phenols is 1. The molecule has 2 aliphatic carbocycles. The van der Waals surface area contributed by atoms with E-state index >= 15 is 0 Å².